The predicted octanol–water partition coefficient (Wildman–Crippen LogP) is 1.21. The fourth-order valence-corrected chi connectivity index (χ4v) is 3.66. The van der Waals surface area contributed by atoms with Crippen molar-refractivity contribution in [3.63, 3.8) is 0 Å². The van der Waals surface area contributed by atoms with Crippen LogP contribution in [0.2, 0.25) is 0 Å². The minimum atomic E-state index is -3.95. The number of benzene rings is 1. The summed E-state index contributed by atoms with van der Waals surface area (Å²) in [6, 6.07) is 3.65. The molecule has 2 rings (SSSR count). The quantitative estimate of drug-likeness (QED) is 0.709. The zero-order valence-corrected chi connectivity index (χ0v) is 12.7. The Morgan fingerprint density at radius 1 is 1.48 bits per heavy atom. The Labute approximate surface area is 125 Å². The van der Waals surface area contributed by atoms with E-state index in [1.165, 1.54) is 23.5 Å². The topological polar surface area (TPSA) is 122 Å². The molecule has 0 radical (unpaired) electrons. The average Bonchev–Trinajstić information content (AvgIpc) is 2.81. The number of carbonyl (C=O) groups is 1. The van der Waals surface area contributed by atoms with Gasteiger partial charge in [0.15, 0.2) is 0 Å². The Bertz CT molecular complexity index is 784. The van der Waals surface area contributed by atoms with Crippen molar-refractivity contribution in [1.29, 1.82) is 0 Å². The third-order valence-corrected chi connectivity index (χ3v) is 5.19. The summed E-state index contributed by atoms with van der Waals surface area (Å²) >= 11 is 1.32. The van der Waals surface area contributed by atoms with Crippen LogP contribution in [0.4, 0.5) is 5.69 Å². The number of nitrogen functional groups attached to an aromatic ring is 1. The number of aromatic carboxylic acids is 1. The summed E-state index contributed by atoms with van der Waals surface area (Å²) in [5.74, 6) is -1.35. The summed E-state index contributed by atoms with van der Waals surface area (Å²) in [5, 5.41) is 9.09. The van der Waals surface area contributed by atoms with Crippen LogP contribution in [0.1, 0.15) is 20.9 Å². The van der Waals surface area contributed by atoms with Crippen molar-refractivity contribution < 1.29 is 18.3 Å². The van der Waals surface area contributed by atoms with E-state index in [1.54, 1.807) is 12.4 Å². The van der Waals surface area contributed by atoms with Crippen molar-refractivity contribution in [2.75, 3.05) is 5.73 Å². The Kier molecular flexibility index (Phi) is 4.26. The number of nitrogens with one attached hydrogen (secondary N) is 1. The smallest absolute Gasteiger partial charge is 0.337 e. The largest absolute Gasteiger partial charge is 0.478 e. The molecule has 1 heterocycles. The van der Waals surface area contributed by atoms with Crippen LogP contribution in [0.25, 0.3) is 0 Å². The lowest BCUT2D eigenvalue weighted by molar-refractivity contribution is 0.0692. The van der Waals surface area contributed by atoms with Crippen LogP contribution in [0.15, 0.2) is 28.6 Å². The van der Waals surface area contributed by atoms with Crippen LogP contribution in [0.3, 0.4) is 0 Å². The summed E-state index contributed by atoms with van der Waals surface area (Å²) in [6.45, 7) is 1.83. The Morgan fingerprint density at radius 3 is 2.76 bits per heavy atom. The van der Waals surface area contributed by atoms with Gasteiger partial charge in [-0.15, -0.1) is 11.3 Å². The van der Waals surface area contributed by atoms with Crippen LogP contribution >= 0.6 is 11.3 Å². The SMILES string of the molecule is Cc1ncsc1CNS(=O)(=O)c1ccc(N)cc1C(=O)O. The number of thiazole rings is 1. The van der Waals surface area contributed by atoms with Gasteiger partial charge in [-0.05, 0) is 25.1 Å². The van der Waals surface area contributed by atoms with Crippen molar-refractivity contribution in [3.8, 4) is 0 Å². The highest BCUT2D eigenvalue weighted by atomic mass is 32.2. The lowest BCUT2D eigenvalue weighted by Gasteiger charge is -2.09. The molecule has 0 saturated carbocycles. The van der Waals surface area contributed by atoms with Crippen molar-refractivity contribution in [2.45, 2.75) is 18.4 Å². The Balaban J connectivity index is 2.32. The summed E-state index contributed by atoms with van der Waals surface area (Å²) in [5.41, 5.74) is 7.67. The van der Waals surface area contributed by atoms with Crippen LogP contribution in [-0.2, 0) is 16.6 Å². The summed E-state index contributed by atoms with van der Waals surface area (Å²) in [6.07, 6.45) is 0. The fourth-order valence-electron chi connectivity index (χ4n) is 1.68. The van der Waals surface area contributed by atoms with Crippen molar-refractivity contribution >= 4 is 33.0 Å². The van der Waals surface area contributed by atoms with E-state index >= 15 is 0 Å². The first-order valence-corrected chi connectivity index (χ1v) is 8.19. The van der Waals surface area contributed by atoms with E-state index in [-0.39, 0.29) is 22.7 Å². The molecule has 2 aromatic rings. The van der Waals surface area contributed by atoms with Crippen molar-refractivity contribution in [1.82, 2.24) is 9.71 Å². The van der Waals surface area contributed by atoms with Gasteiger partial charge < -0.3 is 10.8 Å². The molecule has 21 heavy (non-hydrogen) atoms. The molecule has 1 aromatic heterocycles. The third kappa shape index (κ3) is 3.38. The van der Waals surface area contributed by atoms with Crippen LogP contribution < -0.4 is 10.5 Å². The number of rotatable bonds is 5. The number of nitrogens with two attached hydrogens (primary N) is 1. The minimum absolute atomic E-state index is 0.0578. The first-order valence-electron chi connectivity index (χ1n) is 5.82. The van der Waals surface area contributed by atoms with Crippen LogP contribution in [-0.4, -0.2) is 24.5 Å². The van der Waals surface area contributed by atoms with E-state index < -0.39 is 16.0 Å². The van der Waals surface area contributed by atoms with Gasteiger partial charge in [0.1, 0.15) is 0 Å². The lowest BCUT2D eigenvalue weighted by Crippen LogP contribution is -2.25. The lowest BCUT2D eigenvalue weighted by atomic mass is 10.2. The minimum Gasteiger partial charge on any atom is -0.478 e. The number of aromatic nitrogens is 1. The highest BCUT2D eigenvalue weighted by Gasteiger charge is 2.22. The number of nitrogens with zero attached hydrogens (tertiary/aromatic N) is 1. The molecule has 7 nitrogen and oxygen atoms in total. The second-order valence-corrected chi connectivity index (χ2v) is 6.92. The third-order valence-electron chi connectivity index (χ3n) is 2.79. The monoisotopic (exact) mass is 327 g/mol. The molecule has 112 valence electrons. The summed E-state index contributed by atoms with van der Waals surface area (Å²) in [7, 11) is -3.95. The maximum Gasteiger partial charge on any atom is 0.337 e. The van der Waals surface area contributed by atoms with Gasteiger partial charge in [0.05, 0.1) is 21.7 Å². The van der Waals surface area contributed by atoms with Gasteiger partial charge in [-0.3, -0.25) is 0 Å². The highest BCUT2D eigenvalue weighted by molar-refractivity contribution is 7.89. The summed E-state index contributed by atoms with van der Waals surface area (Å²) < 4.78 is 26.9. The maximum atomic E-state index is 12.2. The molecule has 0 spiro atoms. The number of carboxylic acids is 1. The van der Waals surface area contributed by atoms with Crippen molar-refractivity contribution in [2.24, 2.45) is 0 Å². The van der Waals surface area contributed by atoms with E-state index in [1.807, 2.05) is 0 Å². The molecule has 0 amide bonds. The molecule has 9 heteroatoms. The number of hydrogen-bond acceptors (Lipinski definition) is 6. The zero-order chi connectivity index (χ0) is 15.6. The van der Waals surface area contributed by atoms with Gasteiger partial charge in [0.2, 0.25) is 10.0 Å². The van der Waals surface area contributed by atoms with E-state index in [2.05, 4.69) is 9.71 Å². The molecule has 0 aliphatic heterocycles. The molecule has 0 saturated heterocycles. The molecule has 0 bridgehead atoms. The second-order valence-electron chi connectivity index (χ2n) is 4.25. The van der Waals surface area contributed by atoms with Gasteiger partial charge in [0.25, 0.3) is 0 Å². The van der Waals surface area contributed by atoms with Gasteiger partial charge in [-0.1, -0.05) is 0 Å². The first kappa shape index (κ1) is 15.4. The first-order chi connectivity index (χ1) is 9.81. The standard InChI is InChI=1S/C12H13N3O4S2/c1-7-10(20-6-14-7)5-15-21(18,19)11-3-2-8(13)4-9(11)12(16)17/h2-4,6,15H,5,13H2,1H3,(H,16,17). The molecule has 0 fully saturated rings. The average molecular weight is 327 g/mol. The number of carboxylic acid groups (broad SMARTS) is 1. The fraction of sp³-hybridized carbons (Fsp3) is 0.167. The van der Waals surface area contributed by atoms with E-state index in [4.69, 9.17) is 10.8 Å². The van der Waals surface area contributed by atoms with Crippen LogP contribution in [0, 0.1) is 6.92 Å². The normalized spacial score (nSPS) is 11.5. The van der Waals surface area contributed by atoms with Crippen molar-refractivity contribution in [3.05, 3.63) is 39.8 Å². The Hall–Kier alpha value is -1.97. The molecule has 4 N–H and O–H groups in total. The Morgan fingerprint density at radius 2 is 2.19 bits per heavy atom. The van der Waals surface area contributed by atoms with Crippen LogP contribution in [0.5, 0.6) is 0 Å². The van der Waals surface area contributed by atoms with Gasteiger partial charge in [-0.25, -0.2) is 22.9 Å². The number of anilines is 1. The number of hydrogen-bond donors (Lipinski definition) is 3. The molecule has 0 aliphatic rings. The molecule has 0 aliphatic carbocycles. The molecule has 0 atom stereocenters. The van der Waals surface area contributed by atoms with E-state index in [9.17, 15) is 13.2 Å². The highest BCUT2D eigenvalue weighted by Crippen LogP contribution is 2.20. The molecule has 1 aromatic carbocycles. The van der Waals surface area contributed by atoms with Gasteiger partial charge in [-0.2, -0.15) is 0 Å². The predicted molar refractivity (Wildman–Crippen MR) is 78.7 cm³/mol. The zero-order valence-electron chi connectivity index (χ0n) is 11.0. The number of sulfonamides is 1. The second kappa shape index (κ2) is 5.80. The van der Waals surface area contributed by atoms with Gasteiger partial charge in [0, 0.05) is 17.1 Å². The van der Waals surface area contributed by atoms with E-state index in [0.717, 1.165) is 16.6 Å². The van der Waals surface area contributed by atoms with Gasteiger partial charge >= 0.3 is 5.97 Å². The molecular weight excluding hydrogens is 314 g/mol. The summed E-state index contributed by atoms with van der Waals surface area (Å²) in [4.78, 5) is 15.6. The molecular formula is C12H13N3O4S2. The number of aryl methyl sites for hydroxylation is 1. The van der Waals surface area contributed by atoms with E-state index in [0.29, 0.717) is 0 Å². The molecule has 0 unspecified atom stereocenters. The maximum absolute atomic E-state index is 12.2.